The Morgan fingerprint density at radius 3 is 2.70 bits per heavy atom. The third kappa shape index (κ3) is 4.81. The standard InChI is InChI=1S/C20H23BrN4O5/c1-3-5-11-25-18-17(19(27)23-20(25)28)24(10-4-2)15(22-18)12-29-16(26)9-7-13-6-8-14(21)30-13/h6-9H,3-5,10-12H2,1-2H3,(H,23,27,28). The molecule has 0 amide bonds. The van der Waals surface area contributed by atoms with Crippen LogP contribution in [0, 0.1) is 0 Å². The average Bonchev–Trinajstić information content (AvgIpc) is 3.29. The Morgan fingerprint density at radius 1 is 1.23 bits per heavy atom. The number of fused-ring (bicyclic) bond motifs is 1. The third-order valence-electron chi connectivity index (χ3n) is 4.47. The number of esters is 1. The highest BCUT2D eigenvalue weighted by Crippen LogP contribution is 2.16. The molecule has 1 N–H and O–H groups in total. The van der Waals surface area contributed by atoms with Crippen LogP contribution in [-0.2, 0) is 29.2 Å². The summed E-state index contributed by atoms with van der Waals surface area (Å²) in [5, 5.41) is 0. The van der Waals surface area contributed by atoms with Gasteiger partial charge in [0.1, 0.15) is 18.2 Å². The molecule has 3 aromatic heterocycles. The number of unbranched alkanes of at least 4 members (excludes halogenated alkanes) is 1. The summed E-state index contributed by atoms with van der Waals surface area (Å²) in [5.41, 5.74) is -0.356. The molecule has 0 spiro atoms. The molecule has 160 valence electrons. The van der Waals surface area contributed by atoms with E-state index < -0.39 is 17.2 Å². The highest BCUT2D eigenvalue weighted by molar-refractivity contribution is 9.10. The summed E-state index contributed by atoms with van der Waals surface area (Å²) in [6.07, 6.45) is 5.16. The van der Waals surface area contributed by atoms with Crippen molar-refractivity contribution in [2.75, 3.05) is 0 Å². The molecule has 30 heavy (non-hydrogen) atoms. The van der Waals surface area contributed by atoms with Gasteiger partial charge in [-0.15, -0.1) is 0 Å². The molecule has 3 rings (SSSR count). The topological polar surface area (TPSA) is 112 Å². The van der Waals surface area contributed by atoms with Crippen molar-refractivity contribution in [3.63, 3.8) is 0 Å². The highest BCUT2D eigenvalue weighted by atomic mass is 79.9. The minimum Gasteiger partial charge on any atom is -0.454 e. The molecule has 10 heteroatoms. The maximum absolute atomic E-state index is 12.5. The van der Waals surface area contributed by atoms with Gasteiger partial charge in [-0.2, -0.15) is 0 Å². The minimum atomic E-state index is -0.574. The largest absolute Gasteiger partial charge is 0.454 e. The van der Waals surface area contributed by atoms with Gasteiger partial charge in [-0.05, 0) is 47.0 Å². The molecule has 3 aromatic rings. The number of aromatic amines is 1. The molecule has 3 heterocycles. The number of H-pyrrole nitrogens is 1. The van der Waals surface area contributed by atoms with Crippen molar-refractivity contribution in [2.24, 2.45) is 0 Å². The fourth-order valence-corrected chi connectivity index (χ4v) is 3.39. The Balaban J connectivity index is 1.89. The van der Waals surface area contributed by atoms with Crippen LogP contribution in [0.15, 0.2) is 36.9 Å². The number of hydrogen-bond acceptors (Lipinski definition) is 6. The van der Waals surface area contributed by atoms with Gasteiger partial charge in [0.25, 0.3) is 5.56 Å². The zero-order chi connectivity index (χ0) is 21.7. The van der Waals surface area contributed by atoms with E-state index in [9.17, 15) is 14.4 Å². The van der Waals surface area contributed by atoms with Crippen LogP contribution in [0.3, 0.4) is 0 Å². The summed E-state index contributed by atoms with van der Waals surface area (Å²) >= 11 is 3.19. The van der Waals surface area contributed by atoms with Crippen molar-refractivity contribution in [1.82, 2.24) is 19.1 Å². The highest BCUT2D eigenvalue weighted by Gasteiger charge is 2.18. The number of furan rings is 1. The van der Waals surface area contributed by atoms with Gasteiger partial charge in [0.05, 0.1) is 0 Å². The van der Waals surface area contributed by atoms with E-state index in [-0.39, 0.29) is 6.61 Å². The van der Waals surface area contributed by atoms with Gasteiger partial charge in [0.2, 0.25) is 0 Å². The fourth-order valence-electron chi connectivity index (χ4n) is 3.07. The van der Waals surface area contributed by atoms with Crippen LogP contribution >= 0.6 is 15.9 Å². The van der Waals surface area contributed by atoms with Gasteiger partial charge in [0.15, 0.2) is 15.8 Å². The van der Waals surface area contributed by atoms with Crippen molar-refractivity contribution in [3.05, 3.63) is 55.3 Å². The smallest absolute Gasteiger partial charge is 0.331 e. The van der Waals surface area contributed by atoms with E-state index in [1.807, 2.05) is 13.8 Å². The Labute approximate surface area is 180 Å². The molecule has 0 unspecified atom stereocenters. The zero-order valence-electron chi connectivity index (χ0n) is 16.8. The van der Waals surface area contributed by atoms with E-state index >= 15 is 0 Å². The van der Waals surface area contributed by atoms with E-state index in [1.54, 1.807) is 16.7 Å². The molecule has 0 aromatic carbocycles. The first kappa shape index (κ1) is 21.8. The predicted octanol–water partition coefficient (Wildman–Crippen LogP) is 3.21. The summed E-state index contributed by atoms with van der Waals surface area (Å²) < 4.78 is 14.3. The summed E-state index contributed by atoms with van der Waals surface area (Å²) in [4.78, 5) is 43.7. The molecule has 0 bridgehead atoms. The Hall–Kier alpha value is -2.88. The number of ether oxygens (including phenoxy) is 1. The minimum absolute atomic E-state index is 0.124. The van der Waals surface area contributed by atoms with Crippen molar-refractivity contribution in [1.29, 1.82) is 0 Å². The van der Waals surface area contributed by atoms with Crippen LogP contribution in [0.25, 0.3) is 17.2 Å². The molecule has 0 aliphatic rings. The number of aromatic nitrogens is 4. The molecular formula is C20H23BrN4O5. The van der Waals surface area contributed by atoms with Crippen molar-refractivity contribution >= 4 is 39.1 Å². The van der Waals surface area contributed by atoms with Gasteiger partial charge >= 0.3 is 11.7 Å². The third-order valence-corrected chi connectivity index (χ3v) is 4.89. The van der Waals surface area contributed by atoms with E-state index in [4.69, 9.17) is 9.15 Å². The van der Waals surface area contributed by atoms with E-state index in [0.717, 1.165) is 19.3 Å². The molecule has 0 fully saturated rings. The van der Waals surface area contributed by atoms with E-state index in [0.29, 0.717) is 40.5 Å². The average molecular weight is 479 g/mol. The summed E-state index contributed by atoms with van der Waals surface area (Å²) in [7, 11) is 0. The van der Waals surface area contributed by atoms with Gasteiger partial charge in [-0.3, -0.25) is 14.3 Å². The van der Waals surface area contributed by atoms with E-state index in [2.05, 4.69) is 25.9 Å². The lowest BCUT2D eigenvalue weighted by Gasteiger charge is -2.07. The van der Waals surface area contributed by atoms with Gasteiger partial charge < -0.3 is 13.7 Å². The molecule has 9 nitrogen and oxygen atoms in total. The molecule has 0 aliphatic heterocycles. The second kappa shape index (κ2) is 9.75. The molecule has 0 radical (unpaired) electrons. The molecule has 0 atom stereocenters. The number of nitrogens with one attached hydrogen (secondary N) is 1. The summed E-state index contributed by atoms with van der Waals surface area (Å²) in [5.74, 6) is 0.342. The first-order valence-electron chi connectivity index (χ1n) is 9.77. The number of imidazole rings is 1. The lowest BCUT2D eigenvalue weighted by molar-refractivity contribution is -0.139. The number of nitrogens with zero attached hydrogens (tertiary/aromatic N) is 3. The number of halogens is 1. The van der Waals surface area contributed by atoms with Crippen molar-refractivity contribution < 1.29 is 13.9 Å². The quantitative estimate of drug-likeness (QED) is 0.373. The predicted molar refractivity (Wildman–Crippen MR) is 115 cm³/mol. The van der Waals surface area contributed by atoms with Crippen LogP contribution in [0.2, 0.25) is 0 Å². The molecular weight excluding hydrogens is 456 g/mol. The van der Waals surface area contributed by atoms with Crippen molar-refractivity contribution in [3.8, 4) is 0 Å². The summed E-state index contributed by atoms with van der Waals surface area (Å²) in [6.45, 7) is 4.82. The van der Waals surface area contributed by atoms with Gasteiger partial charge in [-0.1, -0.05) is 20.3 Å². The maximum Gasteiger partial charge on any atom is 0.331 e. The first-order valence-corrected chi connectivity index (χ1v) is 10.6. The monoisotopic (exact) mass is 478 g/mol. The molecule has 0 saturated heterocycles. The Kier molecular flexibility index (Phi) is 7.09. The number of carbonyl (C=O) groups excluding carboxylic acids is 1. The van der Waals surface area contributed by atoms with E-state index in [1.165, 1.54) is 16.7 Å². The van der Waals surface area contributed by atoms with Crippen LogP contribution in [0.4, 0.5) is 0 Å². The van der Waals surface area contributed by atoms with Crippen LogP contribution in [0.1, 0.15) is 44.7 Å². The number of hydrogen-bond donors (Lipinski definition) is 1. The fraction of sp³-hybridized carbons (Fsp3) is 0.400. The van der Waals surface area contributed by atoms with Gasteiger partial charge in [-0.25, -0.2) is 14.6 Å². The lowest BCUT2D eigenvalue weighted by Crippen LogP contribution is -2.31. The second-order valence-electron chi connectivity index (χ2n) is 6.70. The molecule has 0 aliphatic carbocycles. The molecule has 0 saturated carbocycles. The second-order valence-corrected chi connectivity index (χ2v) is 7.48. The van der Waals surface area contributed by atoms with Crippen LogP contribution in [-0.4, -0.2) is 25.1 Å². The summed E-state index contributed by atoms with van der Waals surface area (Å²) in [6, 6.07) is 3.42. The van der Waals surface area contributed by atoms with Crippen LogP contribution < -0.4 is 11.2 Å². The number of carbonyl (C=O) groups is 1. The maximum atomic E-state index is 12.5. The number of rotatable bonds is 9. The van der Waals surface area contributed by atoms with Crippen LogP contribution in [0.5, 0.6) is 0 Å². The Morgan fingerprint density at radius 2 is 2.03 bits per heavy atom. The Bertz CT molecular complexity index is 1180. The SMILES string of the molecule is CCCCn1c(=O)[nH]c(=O)c2c1nc(COC(=O)C=Cc1ccc(Br)o1)n2CCC. The lowest BCUT2D eigenvalue weighted by atomic mass is 10.3. The normalized spacial score (nSPS) is 11.6. The van der Waals surface area contributed by atoms with Crippen molar-refractivity contribution in [2.45, 2.75) is 52.8 Å². The number of aryl methyl sites for hydroxylation is 2. The zero-order valence-corrected chi connectivity index (χ0v) is 18.4. The van der Waals surface area contributed by atoms with Gasteiger partial charge in [0, 0.05) is 19.2 Å². The first-order chi connectivity index (χ1) is 14.4.